The van der Waals surface area contributed by atoms with Crippen LogP contribution in [-0.4, -0.2) is 53.7 Å². The molecular weight excluding hydrogens is 563 g/mol. The number of halogens is 1. The summed E-state index contributed by atoms with van der Waals surface area (Å²) in [5.74, 6) is -0.704. The molecule has 3 aromatic carbocycles. The highest BCUT2D eigenvalue weighted by Gasteiger charge is 2.24. The topological polar surface area (TPSA) is 126 Å². The Bertz CT molecular complexity index is 1580. The highest BCUT2D eigenvalue weighted by molar-refractivity contribution is 6.01. The third kappa shape index (κ3) is 8.30. The molecule has 0 spiro atoms. The SMILES string of the molecule is CCc1cccc(CNCC(O)C2Cc3cc(F)cc(c3)OCCCCNC(=O)c3cc(cc(-c4ncco4)c3)C(=O)N2)c1. The number of ether oxygens (including phenoxy) is 1. The van der Waals surface area contributed by atoms with E-state index in [0.717, 1.165) is 12.0 Å². The molecule has 4 aromatic rings. The molecule has 2 unspecified atom stereocenters. The van der Waals surface area contributed by atoms with Gasteiger partial charge in [0.15, 0.2) is 0 Å². The molecule has 2 heterocycles. The second-order valence-corrected chi connectivity index (χ2v) is 10.9. The van der Waals surface area contributed by atoms with Crippen LogP contribution in [0.1, 0.15) is 57.2 Å². The van der Waals surface area contributed by atoms with Crippen LogP contribution in [0.5, 0.6) is 5.75 Å². The fourth-order valence-corrected chi connectivity index (χ4v) is 5.18. The van der Waals surface area contributed by atoms with Gasteiger partial charge in [0, 0.05) is 42.4 Å². The second-order valence-electron chi connectivity index (χ2n) is 10.9. The van der Waals surface area contributed by atoms with Crippen molar-refractivity contribution in [2.75, 3.05) is 19.7 Å². The molecule has 4 N–H and O–H groups in total. The van der Waals surface area contributed by atoms with Gasteiger partial charge in [0.1, 0.15) is 17.8 Å². The number of rotatable bonds is 7. The molecule has 2 atom stereocenters. The molecule has 0 fully saturated rings. The molecule has 230 valence electrons. The van der Waals surface area contributed by atoms with Gasteiger partial charge in [-0.15, -0.1) is 0 Å². The zero-order valence-corrected chi connectivity index (χ0v) is 24.6. The van der Waals surface area contributed by atoms with Gasteiger partial charge in [0.2, 0.25) is 5.89 Å². The first-order chi connectivity index (χ1) is 21.4. The number of nitrogens with zero attached hydrogens (tertiary/aromatic N) is 1. The van der Waals surface area contributed by atoms with Crippen LogP contribution < -0.4 is 20.7 Å². The first-order valence-electron chi connectivity index (χ1n) is 14.9. The van der Waals surface area contributed by atoms with Crippen molar-refractivity contribution in [3.05, 3.63) is 107 Å². The Balaban J connectivity index is 1.43. The Labute approximate surface area is 255 Å². The molecule has 0 saturated carbocycles. The van der Waals surface area contributed by atoms with E-state index in [2.05, 4.69) is 40.0 Å². The average molecular weight is 601 g/mol. The van der Waals surface area contributed by atoms with Gasteiger partial charge < -0.3 is 30.2 Å². The standard InChI is InChI=1S/C34H37FN4O5/c1-2-22-6-5-7-23(12-22)20-36-21-31(40)30-15-24-13-28(35)19-29(14-24)43-10-4-3-8-37-32(41)25-16-26(33(42)39-30)18-27(17-25)34-38-9-11-44-34/h5-7,9,11-14,16-19,30-31,36,40H,2-4,8,10,15,20-21H2,1H3,(H,37,41)(H,39,42). The molecule has 5 rings (SSSR count). The molecule has 1 aromatic heterocycles. The van der Waals surface area contributed by atoms with Crippen LogP contribution in [0.15, 0.2) is 77.5 Å². The zero-order chi connectivity index (χ0) is 30.9. The van der Waals surface area contributed by atoms with Gasteiger partial charge in [-0.1, -0.05) is 31.2 Å². The third-order valence-electron chi connectivity index (χ3n) is 7.51. The van der Waals surface area contributed by atoms with Gasteiger partial charge in [-0.2, -0.15) is 0 Å². The normalized spacial score (nSPS) is 16.8. The van der Waals surface area contributed by atoms with E-state index in [1.165, 1.54) is 36.2 Å². The fraction of sp³-hybridized carbons (Fsp3) is 0.324. The summed E-state index contributed by atoms with van der Waals surface area (Å²) in [5.41, 5.74) is 3.79. The summed E-state index contributed by atoms with van der Waals surface area (Å²) < 4.78 is 25.8. The lowest BCUT2D eigenvalue weighted by molar-refractivity contribution is 0.0830. The predicted molar refractivity (Wildman–Crippen MR) is 164 cm³/mol. The van der Waals surface area contributed by atoms with E-state index in [4.69, 9.17) is 9.15 Å². The maximum Gasteiger partial charge on any atom is 0.251 e. The number of nitrogens with one attached hydrogen (secondary N) is 3. The van der Waals surface area contributed by atoms with Crippen molar-refractivity contribution < 1.29 is 28.2 Å². The number of hydrogen-bond donors (Lipinski definition) is 4. The lowest BCUT2D eigenvalue weighted by atomic mass is 9.99. The number of aliphatic hydroxyl groups excluding tert-OH is 1. The highest BCUT2D eigenvalue weighted by atomic mass is 19.1. The zero-order valence-electron chi connectivity index (χ0n) is 24.6. The van der Waals surface area contributed by atoms with Crippen LogP contribution in [0, 0.1) is 5.82 Å². The number of oxazole rings is 1. The Morgan fingerprint density at radius 2 is 1.82 bits per heavy atom. The fourth-order valence-electron chi connectivity index (χ4n) is 5.18. The van der Waals surface area contributed by atoms with Crippen molar-refractivity contribution in [2.45, 2.75) is 51.3 Å². The average Bonchev–Trinajstić information content (AvgIpc) is 3.57. The van der Waals surface area contributed by atoms with Crippen LogP contribution in [-0.2, 0) is 19.4 Å². The van der Waals surface area contributed by atoms with Gasteiger partial charge >= 0.3 is 0 Å². The van der Waals surface area contributed by atoms with Gasteiger partial charge in [0.25, 0.3) is 11.8 Å². The summed E-state index contributed by atoms with van der Waals surface area (Å²) in [6, 6.07) is 16.5. The Kier molecular flexibility index (Phi) is 10.4. The number of carbonyl (C=O) groups excluding carboxylic acids is 2. The van der Waals surface area contributed by atoms with Crippen LogP contribution in [0.25, 0.3) is 11.5 Å². The highest BCUT2D eigenvalue weighted by Crippen LogP contribution is 2.23. The second kappa shape index (κ2) is 14.8. The van der Waals surface area contributed by atoms with Crippen LogP contribution in [0.3, 0.4) is 0 Å². The molecule has 0 radical (unpaired) electrons. The van der Waals surface area contributed by atoms with E-state index < -0.39 is 23.9 Å². The van der Waals surface area contributed by atoms with E-state index in [9.17, 15) is 19.1 Å². The van der Waals surface area contributed by atoms with E-state index in [1.807, 2.05) is 12.1 Å². The van der Waals surface area contributed by atoms with Gasteiger partial charge in [-0.05, 0) is 72.7 Å². The maximum absolute atomic E-state index is 14.6. The minimum Gasteiger partial charge on any atom is -0.493 e. The van der Waals surface area contributed by atoms with Crippen molar-refractivity contribution >= 4 is 11.8 Å². The minimum atomic E-state index is -1.03. The van der Waals surface area contributed by atoms with Crippen LogP contribution in [0.2, 0.25) is 0 Å². The number of aryl methyl sites for hydroxylation is 1. The Hall–Kier alpha value is -4.54. The number of aromatic nitrogens is 1. The monoisotopic (exact) mass is 600 g/mol. The van der Waals surface area contributed by atoms with Crippen LogP contribution in [0.4, 0.5) is 4.39 Å². The summed E-state index contributed by atoms with van der Waals surface area (Å²) in [4.78, 5) is 30.9. The largest absolute Gasteiger partial charge is 0.493 e. The van der Waals surface area contributed by atoms with Gasteiger partial charge in [-0.3, -0.25) is 9.59 Å². The van der Waals surface area contributed by atoms with E-state index in [1.54, 1.807) is 18.2 Å². The number of benzene rings is 3. The predicted octanol–water partition coefficient (Wildman–Crippen LogP) is 4.44. The molecule has 0 aliphatic carbocycles. The number of fused-ring (bicyclic) bond motifs is 4. The number of amides is 2. The molecule has 1 aliphatic heterocycles. The molecule has 2 amide bonds. The molecule has 4 bridgehead atoms. The van der Waals surface area contributed by atoms with E-state index in [0.29, 0.717) is 49.4 Å². The Morgan fingerprint density at radius 3 is 2.61 bits per heavy atom. The summed E-state index contributed by atoms with van der Waals surface area (Å²) in [7, 11) is 0. The summed E-state index contributed by atoms with van der Waals surface area (Å²) >= 11 is 0. The van der Waals surface area contributed by atoms with Crippen molar-refractivity contribution in [1.29, 1.82) is 0 Å². The third-order valence-corrected chi connectivity index (χ3v) is 7.51. The lowest BCUT2D eigenvalue weighted by Gasteiger charge is -2.25. The van der Waals surface area contributed by atoms with Crippen molar-refractivity contribution in [3.8, 4) is 17.2 Å². The van der Waals surface area contributed by atoms with Gasteiger partial charge in [0.05, 0.1) is 24.9 Å². The quantitative estimate of drug-likeness (QED) is 0.247. The maximum atomic E-state index is 14.6. The van der Waals surface area contributed by atoms with Crippen molar-refractivity contribution in [3.63, 3.8) is 0 Å². The summed E-state index contributed by atoms with van der Waals surface area (Å²) in [6.07, 6.45) is 4.21. The van der Waals surface area contributed by atoms with Crippen molar-refractivity contribution in [1.82, 2.24) is 20.9 Å². The minimum absolute atomic E-state index is 0.140. The van der Waals surface area contributed by atoms with Crippen LogP contribution >= 0.6 is 0 Å². The number of carbonyl (C=O) groups is 2. The molecule has 44 heavy (non-hydrogen) atoms. The molecule has 10 heteroatoms. The smallest absolute Gasteiger partial charge is 0.251 e. The van der Waals surface area contributed by atoms with Crippen molar-refractivity contribution in [2.24, 2.45) is 0 Å². The first-order valence-corrected chi connectivity index (χ1v) is 14.9. The van der Waals surface area contributed by atoms with E-state index >= 15 is 0 Å². The summed E-state index contributed by atoms with van der Waals surface area (Å²) in [6.45, 7) is 3.53. The molecule has 0 saturated heterocycles. The first kappa shape index (κ1) is 30.9. The van der Waals surface area contributed by atoms with E-state index in [-0.39, 0.29) is 35.9 Å². The van der Waals surface area contributed by atoms with Gasteiger partial charge in [-0.25, -0.2) is 9.37 Å². The Morgan fingerprint density at radius 1 is 1.02 bits per heavy atom. The molecule has 1 aliphatic rings. The molecular formula is C34H37FN4O5. The number of aliphatic hydroxyl groups is 1. The number of hydrogen-bond acceptors (Lipinski definition) is 7. The molecule has 9 nitrogen and oxygen atoms in total. The lowest BCUT2D eigenvalue weighted by Crippen LogP contribution is -2.48. The summed E-state index contributed by atoms with van der Waals surface area (Å²) in [5, 5.41) is 20.4.